The lowest BCUT2D eigenvalue weighted by molar-refractivity contribution is 0.622. The zero-order valence-corrected chi connectivity index (χ0v) is 17.2. The number of halogens is 1. The molecule has 30 heavy (non-hydrogen) atoms. The molecule has 0 atom stereocenters. The van der Waals surface area contributed by atoms with Gasteiger partial charge in [0.25, 0.3) is 0 Å². The van der Waals surface area contributed by atoms with Crippen LogP contribution in [0, 0.1) is 12.7 Å². The van der Waals surface area contributed by atoms with E-state index in [1.54, 1.807) is 6.07 Å². The van der Waals surface area contributed by atoms with Crippen LogP contribution in [0.3, 0.4) is 0 Å². The van der Waals surface area contributed by atoms with Crippen LogP contribution in [0.1, 0.15) is 30.9 Å². The van der Waals surface area contributed by atoms with Gasteiger partial charge in [0, 0.05) is 22.5 Å². The van der Waals surface area contributed by atoms with Crippen LogP contribution in [0.25, 0.3) is 44.3 Å². The summed E-state index contributed by atoms with van der Waals surface area (Å²) in [5.74, 6) is 0.126. The van der Waals surface area contributed by atoms with Gasteiger partial charge in [-0.15, -0.1) is 0 Å². The quantitative estimate of drug-likeness (QED) is 0.310. The lowest BCUT2D eigenvalue weighted by Crippen LogP contribution is -1.90. The molecule has 3 heteroatoms. The second kappa shape index (κ2) is 7.10. The summed E-state index contributed by atoms with van der Waals surface area (Å²) in [6, 6.07) is 21.3. The number of aryl methyl sites for hydroxylation is 1. The third-order valence-corrected chi connectivity index (χ3v) is 5.76. The van der Waals surface area contributed by atoms with Gasteiger partial charge in [-0.1, -0.05) is 50.2 Å². The molecule has 0 spiro atoms. The minimum Gasteiger partial charge on any atom is -0.455 e. The minimum absolute atomic E-state index is 0.280. The van der Waals surface area contributed by atoms with Crippen LogP contribution in [0.4, 0.5) is 4.39 Å². The predicted molar refractivity (Wildman–Crippen MR) is 121 cm³/mol. The van der Waals surface area contributed by atoms with E-state index in [9.17, 15) is 0 Å². The maximum absolute atomic E-state index is 15.0. The van der Waals surface area contributed by atoms with E-state index in [2.05, 4.69) is 24.9 Å². The van der Waals surface area contributed by atoms with Gasteiger partial charge in [0.15, 0.2) is 0 Å². The highest BCUT2D eigenvalue weighted by atomic mass is 19.1. The normalized spacial score (nSPS) is 11.6. The number of pyridine rings is 1. The molecule has 0 aliphatic heterocycles. The van der Waals surface area contributed by atoms with Gasteiger partial charge in [-0.05, 0) is 59.9 Å². The largest absolute Gasteiger partial charge is 0.455 e. The Hall–Kier alpha value is -3.46. The lowest BCUT2D eigenvalue weighted by Gasteiger charge is -2.08. The Bertz CT molecular complexity index is 1400. The van der Waals surface area contributed by atoms with Crippen LogP contribution in [-0.4, -0.2) is 4.98 Å². The average molecular weight is 395 g/mol. The average Bonchev–Trinajstić information content (AvgIpc) is 3.13. The number of hydrogen-bond donors (Lipinski definition) is 0. The second-order valence-corrected chi connectivity index (χ2v) is 8.03. The molecule has 3 aromatic carbocycles. The summed E-state index contributed by atoms with van der Waals surface area (Å²) in [5.41, 5.74) is 6.69. The second-order valence-electron chi connectivity index (χ2n) is 8.03. The summed E-state index contributed by atoms with van der Waals surface area (Å²) in [7, 11) is 0. The van der Waals surface area contributed by atoms with Gasteiger partial charge in [0.1, 0.15) is 17.0 Å². The number of rotatable bonds is 3. The van der Waals surface area contributed by atoms with Crippen LogP contribution >= 0.6 is 0 Å². The summed E-state index contributed by atoms with van der Waals surface area (Å²) >= 11 is 0. The Morgan fingerprint density at radius 3 is 2.40 bits per heavy atom. The first kappa shape index (κ1) is 18.6. The Balaban J connectivity index is 1.83. The Labute approximate surface area is 175 Å². The molecule has 0 fully saturated rings. The molecule has 2 heterocycles. The standard InChI is InChI=1S/C27H22FNO/c1-16(2)18-13-14-29-24(15-18)22-10-6-9-20-21-11-12-23(28)25(27(21)30-26(20)22)19-8-5-4-7-17(19)3/h4-16H,1-3H3. The molecule has 148 valence electrons. The summed E-state index contributed by atoms with van der Waals surface area (Å²) < 4.78 is 21.4. The number of fused-ring (bicyclic) bond motifs is 3. The Morgan fingerprint density at radius 2 is 1.60 bits per heavy atom. The number of para-hydroxylation sites is 1. The number of benzene rings is 3. The molecule has 0 unspecified atom stereocenters. The molecule has 0 aliphatic carbocycles. The van der Waals surface area contributed by atoms with E-state index in [1.807, 2.05) is 61.7 Å². The van der Waals surface area contributed by atoms with Crippen molar-refractivity contribution in [1.29, 1.82) is 0 Å². The SMILES string of the molecule is Cc1ccccc1-c1c(F)ccc2c1oc1c(-c3cc(C(C)C)ccn3)cccc12. The third kappa shape index (κ3) is 2.89. The predicted octanol–water partition coefficient (Wildman–Crippen LogP) is 7.89. The fraction of sp³-hybridized carbons (Fsp3) is 0.148. The number of aromatic nitrogens is 1. The summed E-state index contributed by atoms with van der Waals surface area (Å²) in [4.78, 5) is 4.59. The van der Waals surface area contributed by atoms with Crippen molar-refractivity contribution in [2.24, 2.45) is 0 Å². The van der Waals surface area contributed by atoms with Gasteiger partial charge in [0.2, 0.25) is 0 Å². The van der Waals surface area contributed by atoms with Gasteiger partial charge in [-0.2, -0.15) is 0 Å². The Kier molecular flexibility index (Phi) is 4.39. The van der Waals surface area contributed by atoms with E-state index in [-0.39, 0.29) is 5.82 Å². The topological polar surface area (TPSA) is 26.0 Å². The fourth-order valence-electron chi connectivity index (χ4n) is 4.10. The highest BCUT2D eigenvalue weighted by Gasteiger charge is 2.20. The summed E-state index contributed by atoms with van der Waals surface area (Å²) in [5, 5.41) is 1.88. The van der Waals surface area contributed by atoms with Gasteiger partial charge in [-0.3, -0.25) is 4.98 Å². The minimum atomic E-state index is -0.280. The van der Waals surface area contributed by atoms with Crippen LogP contribution in [-0.2, 0) is 0 Å². The van der Waals surface area contributed by atoms with Crippen LogP contribution in [0.15, 0.2) is 77.3 Å². The summed E-state index contributed by atoms with van der Waals surface area (Å²) in [6.07, 6.45) is 1.84. The van der Waals surface area contributed by atoms with Crippen molar-refractivity contribution in [3.63, 3.8) is 0 Å². The molecule has 0 bridgehead atoms. The number of furan rings is 1. The van der Waals surface area contributed by atoms with E-state index in [0.29, 0.717) is 17.1 Å². The maximum atomic E-state index is 15.0. The molecule has 2 nitrogen and oxygen atoms in total. The first-order valence-corrected chi connectivity index (χ1v) is 10.2. The smallest absolute Gasteiger partial charge is 0.146 e. The number of nitrogens with zero attached hydrogens (tertiary/aromatic N) is 1. The van der Waals surface area contributed by atoms with E-state index in [0.717, 1.165) is 38.7 Å². The molecule has 5 rings (SSSR count). The van der Waals surface area contributed by atoms with E-state index in [4.69, 9.17) is 4.42 Å². The molecule has 0 saturated heterocycles. The highest BCUT2D eigenvalue weighted by Crippen LogP contribution is 2.41. The van der Waals surface area contributed by atoms with Crippen molar-refractivity contribution < 1.29 is 8.81 Å². The molecular formula is C27H22FNO. The summed E-state index contributed by atoms with van der Waals surface area (Å²) in [6.45, 7) is 6.32. The molecule has 5 aromatic rings. The first-order valence-electron chi connectivity index (χ1n) is 10.2. The third-order valence-electron chi connectivity index (χ3n) is 5.76. The van der Waals surface area contributed by atoms with Crippen molar-refractivity contribution in [2.75, 3.05) is 0 Å². The van der Waals surface area contributed by atoms with E-state index in [1.165, 1.54) is 11.6 Å². The molecule has 0 N–H and O–H groups in total. The van der Waals surface area contributed by atoms with Crippen LogP contribution in [0.2, 0.25) is 0 Å². The molecular weight excluding hydrogens is 373 g/mol. The van der Waals surface area contributed by atoms with Crippen molar-refractivity contribution in [2.45, 2.75) is 26.7 Å². The lowest BCUT2D eigenvalue weighted by atomic mass is 9.97. The zero-order valence-electron chi connectivity index (χ0n) is 17.2. The van der Waals surface area contributed by atoms with Crippen molar-refractivity contribution in [1.82, 2.24) is 4.98 Å². The van der Waals surface area contributed by atoms with Crippen LogP contribution < -0.4 is 0 Å². The molecule has 0 amide bonds. The van der Waals surface area contributed by atoms with Gasteiger partial charge in [-0.25, -0.2) is 4.39 Å². The molecule has 2 aromatic heterocycles. The van der Waals surface area contributed by atoms with E-state index >= 15 is 4.39 Å². The fourth-order valence-corrected chi connectivity index (χ4v) is 4.10. The molecule has 0 aliphatic rings. The van der Waals surface area contributed by atoms with Gasteiger partial charge < -0.3 is 4.42 Å². The molecule has 0 saturated carbocycles. The van der Waals surface area contributed by atoms with Crippen molar-refractivity contribution >= 4 is 21.9 Å². The Morgan fingerprint density at radius 1 is 0.833 bits per heavy atom. The molecule has 0 radical (unpaired) electrons. The van der Waals surface area contributed by atoms with Gasteiger partial charge in [0.05, 0.1) is 11.3 Å². The number of hydrogen-bond acceptors (Lipinski definition) is 2. The van der Waals surface area contributed by atoms with Crippen molar-refractivity contribution in [3.8, 4) is 22.4 Å². The monoisotopic (exact) mass is 395 g/mol. The van der Waals surface area contributed by atoms with Crippen LogP contribution in [0.5, 0.6) is 0 Å². The highest BCUT2D eigenvalue weighted by molar-refractivity contribution is 6.13. The first-order chi connectivity index (χ1) is 14.5. The maximum Gasteiger partial charge on any atom is 0.146 e. The zero-order chi connectivity index (χ0) is 20.8. The van der Waals surface area contributed by atoms with E-state index < -0.39 is 0 Å². The van der Waals surface area contributed by atoms with Gasteiger partial charge >= 0.3 is 0 Å². The van der Waals surface area contributed by atoms with Crippen molar-refractivity contribution in [3.05, 3.63) is 89.9 Å².